The topological polar surface area (TPSA) is 70.3 Å². The zero-order valence-corrected chi connectivity index (χ0v) is 22.2. The molecular formula is C32H34N4O3. The van der Waals surface area contributed by atoms with Gasteiger partial charge in [-0.2, -0.15) is 0 Å². The summed E-state index contributed by atoms with van der Waals surface area (Å²) in [6.07, 6.45) is 9.18. The minimum absolute atomic E-state index is 0.101. The third-order valence-electron chi connectivity index (χ3n) is 6.81. The standard InChI is InChI=1S/C32H34N4O3/c1-38-20-8-17-34-32(37)35-19-16-26(23-35)31(29-15-7-11-25-10-5-6-14-28(25)29)30-22-33-24-36(30)18-9-21-39-27-12-3-2-4-13-27/h2-7,10-16,19,22-24,31H,8-9,17-18,20-21H2,1H3,(H,34,37). The summed E-state index contributed by atoms with van der Waals surface area (Å²) in [6.45, 7) is 2.55. The Labute approximate surface area is 229 Å². The van der Waals surface area contributed by atoms with Crippen LogP contribution >= 0.6 is 0 Å². The van der Waals surface area contributed by atoms with Crippen LogP contribution in [0.3, 0.4) is 0 Å². The fourth-order valence-electron chi connectivity index (χ4n) is 4.92. The summed E-state index contributed by atoms with van der Waals surface area (Å²) in [4.78, 5) is 17.4. The monoisotopic (exact) mass is 522 g/mol. The Kier molecular flexibility index (Phi) is 8.71. The molecule has 0 aliphatic rings. The van der Waals surface area contributed by atoms with Crippen molar-refractivity contribution in [2.75, 3.05) is 26.9 Å². The van der Waals surface area contributed by atoms with Crippen molar-refractivity contribution in [3.05, 3.63) is 121 Å². The Hall–Kier alpha value is -4.36. The number of aromatic nitrogens is 3. The Balaban J connectivity index is 1.42. The lowest BCUT2D eigenvalue weighted by molar-refractivity contribution is 0.193. The first-order valence-electron chi connectivity index (χ1n) is 13.3. The Morgan fingerprint density at radius 3 is 2.64 bits per heavy atom. The predicted octanol–water partition coefficient (Wildman–Crippen LogP) is 6.08. The average Bonchev–Trinajstić information content (AvgIpc) is 3.65. The van der Waals surface area contributed by atoms with Crippen LogP contribution in [0.5, 0.6) is 5.75 Å². The molecule has 2 aromatic heterocycles. The van der Waals surface area contributed by atoms with Crippen LogP contribution in [0.2, 0.25) is 0 Å². The highest BCUT2D eigenvalue weighted by molar-refractivity contribution is 5.87. The molecule has 0 aliphatic carbocycles. The summed E-state index contributed by atoms with van der Waals surface area (Å²) in [5.41, 5.74) is 3.28. The van der Waals surface area contributed by atoms with E-state index in [1.54, 1.807) is 11.7 Å². The number of imidazole rings is 1. The van der Waals surface area contributed by atoms with E-state index in [4.69, 9.17) is 9.47 Å². The van der Waals surface area contributed by atoms with Crippen LogP contribution in [0, 0.1) is 0 Å². The second-order valence-electron chi connectivity index (χ2n) is 9.46. The molecule has 0 fully saturated rings. The summed E-state index contributed by atoms with van der Waals surface area (Å²) < 4.78 is 14.8. The number of carbonyl (C=O) groups excluding carboxylic acids is 1. The van der Waals surface area contributed by atoms with Gasteiger partial charge in [-0.15, -0.1) is 0 Å². The fraction of sp³-hybridized carbons (Fsp3) is 0.250. The van der Waals surface area contributed by atoms with Crippen molar-refractivity contribution in [1.29, 1.82) is 0 Å². The molecule has 1 amide bonds. The molecule has 1 unspecified atom stereocenters. The van der Waals surface area contributed by atoms with Gasteiger partial charge in [-0.1, -0.05) is 60.7 Å². The first-order valence-corrected chi connectivity index (χ1v) is 13.3. The Morgan fingerprint density at radius 1 is 0.949 bits per heavy atom. The maximum Gasteiger partial charge on any atom is 0.325 e. The lowest BCUT2D eigenvalue weighted by Crippen LogP contribution is -2.29. The average molecular weight is 523 g/mol. The van der Waals surface area contributed by atoms with Crippen molar-refractivity contribution in [2.24, 2.45) is 0 Å². The van der Waals surface area contributed by atoms with Gasteiger partial charge in [0, 0.05) is 51.1 Å². The summed E-state index contributed by atoms with van der Waals surface area (Å²) in [5, 5.41) is 5.32. The third kappa shape index (κ3) is 6.38. The number of hydrogen-bond acceptors (Lipinski definition) is 4. The van der Waals surface area contributed by atoms with Crippen LogP contribution in [0.15, 0.2) is 104 Å². The first-order chi connectivity index (χ1) is 19.2. The molecule has 0 spiro atoms. The lowest BCUT2D eigenvalue weighted by atomic mass is 9.87. The van der Waals surface area contributed by atoms with Crippen molar-refractivity contribution in [3.63, 3.8) is 0 Å². The highest BCUT2D eigenvalue weighted by atomic mass is 16.5. The van der Waals surface area contributed by atoms with E-state index in [9.17, 15) is 4.79 Å². The Bertz CT molecular complexity index is 1490. The molecule has 5 rings (SSSR count). The lowest BCUT2D eigenvalue weighted by Gasteiger charge is -2.21. The molecule has 39 heavy (non-hydrogen) atoms. The molecule has 7 heteroatoms. The number of nitrogens with zero attached hydrogens (tertiary/aromatic N) is 3. The predicted molar refractivity (Wildman–Crippen MR) is 153 cm³/mol. The largest absolute Gasteiger partial charge is 0.494 e. The maximum absolute atomic E-state index is 12.8. The molecule has 7 nitrogen and oxygen atoms in total. The number of ether oxygens (including phenoxy) is 2. The van der Waals surface area contributed by atoms with Gasteiger partial charge in [-0.05, 0) is 52.9 Å². The summed E-state index contributed by atoms with van der Waals surface area (Å²) in [6, 6.07) is 26.6. The van der Waals surface area contributed by atoms with Gasteiger partial charge in [-0.3, -0.25) is 4.57 Å². The molecule has 2 heterocycles. The minimum atomic E-state index is -0.152. The van der Waals surface area contributed by atoms with Gasteiger partial charge in [-0.25, -0.2) is 9.78 Å². The smallest absolute Gasteiger partial charge is 0.325 e. The van der Waals surface area contributed by atoms with Gasteiger partial charge >= 0.3 is 6.03 Å². The molecule has 5 aromatic rings. The van der Waals surface area contributed by atoms with Crippen molar-refractivity contribution in [1.82, 2.24) is 19.4 Å². The van der Waals surface area contributed by atoms with E-state index in [-0.39, 0.29) is 11.9 Å². The zero-order valence-electron chi connectivity index (χ0n) is 22.2. The molecule has 0 radical (unpaired) electrons. The zero-order chi connectivity index (χ0) is 26.9. The minimum Gasteiger partial charge on any atom is -0.494 e. The maximum atomic E-state index is 12.8. The van der Waals surface area contributed by atoms with E-state index in [1.807, 2.05) is 61.3 Å². The number of benzene rings is 3. The number of amides is 1. The quantitative estimate of drug-likeness (QED) is 0.202. The summed E-state index contributed by atoms with van der Waals surface area (Å²) in [7, 11) is 1.66. The molecule has 0 saturated heterocycles. The van der Waals surface area contributed by atoms with E-state index in [0.29, 0.717) is 19.8 Å². The third-order valence-corrected chi connectivity index (χ3v) is 6.81. The Morgan fingerprint density at radius 2 is 1.77 bits per heavy atom. The first kappa shape index (κ1) is 26.3. The van der Waals surface area contributed by atoms with E-state index < -0.39 is 0 Å². The van der Waals surface area contributed by atoms with Gasteiger partial charge in [0.1, 0.15) is 5.75 Å². The molecule has 3 aromatic carbocycles. The fourth-order valence-corrected chi connectivity index (χ4v) is 4.92. The molecule has 0 saturated carbocycles. The molecule has 200 valence electrons. The van der Waals surface area contributed by atoms with E-state index in [2.05, 4.69) is 57.3 Å². The van der Waals surface area contributed by atoms with Crippen molar-refractivity contribution in [3.8, 4) is 5.75 Å². The van der Waals surface area contributed by atoms with Crippen LogP contribution in [0.25, 0.3) is 10.8 Å². The number of hydrogen-bond donors (Lipinski definition) is 1. The van der Waals surface area contributed by atoms with Gasteiger partial charge in [0.25, 0.3) is 0 Å². The summed E-state index contributed by atoms with van der Waals surface area (Å²) >= 11 is 0. The number of methoxy groups -OCH3 is 1. The van der Waals surface area contributed by atoms with Crippen LogP contribution < -0.4 is 10.1 Å². The van der Waals surface area contributed by atoms with Gasteiger partial charge in [0.15, 0.2) is 0 Å². The van der Waals surface area contributed by atoms with Crippen LogP contribution in [-0.2, 0) is 11.3 Å². The van der Waals surface area contributed by atoms with Crippen molar-refractivity contribution >= 4 is 16.8 Å². The molecule has 1 N–H and O–H groups in total. The number of carbonyl (C=O) groups is 1. The number of rotatable bonds is 12. The second kappa shape index (κ2) is 12.9. The normalized spacial score (nSPS) is 11.9. The van der Waals surface area contributed by atoms with Crippen molar-refractivity contribution < 1.29 is 14.3 Å². The highest BCUT2D eigenvalue weighted by Gasteiger charge is 2.24. The van der Waals surface area contributed by atoms with Crippen LogP contribution in [-0.4, -0.2) is 47.0 Å². The number of nitrogens with one attached hydrogen (secondary N) is 1. The molecule has 0 bridgehead atoms. The number of fused-ring (bicyclic) bond motifs is 1. The van der Waals surface area contributed by atoms with Crippen molar-refractivity contribution in [2.45, 2.75) is 25.3 Å². The summed E-state index contributed by atoms with van der Waals surface area (Å²) in [5.74, 6) is 0.773. The molecule has 0 aliphatic heterocycles. The van der Waals surface area contributed by atoms with Crippen LogP contribution in [0.1, 0.15) is 35.6 Å². The van der Waals surface area contributed by atoms with E-state index in [0.717, 1.165) is 36.4 Å². The number of aryl methyl sites for hydroxylation is 1. The second-order valence-corrected chi connectivity index (χ2v) is 9.46. The molecule has 1 atom stereocenters. The van der Waals surface area contributed by atoms with E-state index in [1.165, 1.54) is 16.3 Å². The van der Waals surface area contributed by atoms with Gasteiger partial charge < -0.3 is 19.4 Å². The molecular weight excluding hydrogens is 488 g/mol. The SMILES string of the molecule is COCCCNC(=O)n1ccc(C(c2cccc3ccccc23)c2cncn2CCCOc2ccccc2)c1. The van der Waals surface area contributed by atoms with E-state index >= 15 is 0 Å². The van der Waals surface area contributed by atoms with Crippen LogP contribution in [0.4, 0.5) is 4.79 Å². The van der Waals surface area contributed by atoms with Gasteiger partial charge in [0.05, 0.1) is 18.9 Å². The van der Waals surface area contributed by atoms with Gasteiger partial charge in [0.2, 0.25) is 0 Å². The number of para-hydroxylation sites is 1. The highest BCUT2D eigenvalue weighted by Crippen LogP contribution is 2.36.